The van der Waals surface area contributed by atoms with Crippen LogP contribution in [0.1, 0.15) is 16.7 Å². The van der Waals surface area contributed by atoms with Gasteiger partial charge in [0.2, 0.25) is 0 Å². The highest BCUT2D eigenvalue weighted by Gasteiger charge is 2.11. The summed E-state index contributed by atoms with van der Waals surface area (Å²) in [6.07, 6.45) is 0. The van der Waals surface area contributed by atoms with Gasteiger partial charge in [-0.2, -0.15) is 0 Å². The Morgan fingerprint density at radius 1 is 1.05 bits per heavy atom. The van der Waals surface area contributed by atoms with E-state index in [1.165, 1.54) is 5.56 Å². The highest BCUT2D eigenvalue weighted by atomic mass is 16.5. The van der Waals surface area contributed by atoms with Gasteiger partial charge < -0.3 is 15.8 Å². The smallest absolute Gasteiger partial charge is 0.122 e. The van der Waals surface area contributed by atoms with E-state index in [0.29, 0.717) is 0 Å². The lowest BCUT2D eigenvalue weighted by atomic mass is 10.0. The summed E-state index contributed by atoms with van der Waals surface area (Å²) in [6.45, 7) is 6.22. The molecule has 0 unspecified atom stereocenters. The molecule has 19 heavy (non-hydrogen) atoms. The predicted molar refractivity (Wildman–Crippen MR) is 81.3 cm³/mol. The monoisotopic (exact) mass is 256 g/mol. The molecule has 0 saturated heterocycles. The van der Waals surface area contributed by atoms with Crippen molar-refractivity contribution < 1.29 is 4.74 Å². The molecule has 2 rings (SSSR count). The van der Waals surface area contributed by atoms with Crippen molar-refractivity contribution in [3.8, 4) is 5.75 Å². The molecule has 0 aliphatic heterocycles. The molecule has 0 aliphatic carbocycles. The molecule has 3 heteroatoms. The van der Waals surface area contributed by atoms with E-state index in [9.17, 15) is 0 Å². The van der Waals surface area contributed by atoms with Gasteiger partial charge in [-0.3, -0.25) is 0 Å². The van der Waals surface area contributed by atoms with E-state index in [0.717, 1.165) is 33.9 Å². The molecule has 2 aromatic rings. The topological polar surface area (TPSA) is 47.3 Å². The summed E-state index contributed by atoms with van der Waals surface area (Å²) < 4.78 is 5.38. The summed E-state index contributed by atoms with van der Waals surface area (Å²) in [5, 5.41) is 3.42. The number of nitrogens with two attached hydrogens (primary N) is 1. The molecule has 0 bridgehead atoms. The fourth-order valence-electron chi connectivity index (χ4n) is 2.19. The number of benzene rings is 2. The summed E-state index contributed by atoms with van der Waals surface area (Å²) >= 11 is 0. The Kier molecular flexibility index (Phi) is 3.65. The van der Waals surface area contributed by atoms with Crippen LogP contribution in [0.3, 0.4) is 0 Å². The van der Waals surface area contributed by atoms with Gasteiger partial charge in [0.1, 0.15) is 5.75 Å². The Hall–Kier alpha value is -2.16. The van der Waals surface area contributed by atoms with Crippen LogP contribution in [0.4, 0.5) is 17.1 Å². The van der Waals surface area contributed by atoms with Gasteiger partial charge in [-0.25, -0.2) is 0 Å². The SMILES string of the molecule is COc1cc(C)c(Nc2ccccc2N)c(C)c1C. The number of hydrogen-bond acceptors (Lipinski definition) is 3. The Balaban J connectivity index is 2.47. The van der Waals surface area contributed by atoms with Crippen LogP contribution in [0.15, 0.2) is 30.3 Å². The number of para-hydroxylation sites is 2. The zero-order valence-electron chi connectivity index (χ0n) is 11.9. The van der Waals surface area contributed by atoms with Crippen molar-refractivity contribution in [1.29, 1.82) is 0 Å². The standard InChI is InChI=1S/C16H20N2O/c1-10-9-15(19-4)11(2)12(3)16(10)18-14-8-6-5-7-13(14)17/h5-9,18H,17H2,1-4H3. The molecule has 2 aromatic carbocycles. The molecule has 3 nitrogen and oxygen atoms in total. The van der Waals surface area contributed by atoms with Crippen molar-refractivity contribution >= 4 is 17.1 Å². The molecule has 0 aromatic heterocycles. The molecular formula is C16H20N2O. The first kappa shape index (κ1) is 13.3. The Morgan fingerprint density at radius 3 is 2.37 bits per heavy atom. The number of hydrogen-bond donors (Lipinski definition) is 2. The van der Waals surface area contributed by atoms with E-state index >= 15 is 0 Å². The maximum absolute atomic E-state index is 5.98. The maximum atomic E-state index is 5.98. The Labute approximate surface area is 114 Å². The average molecular weight is 256 g/mol. The van der Waals surface area contributed by atoms with E-state index in [-0.39, 0.29) is 0 Å². The molecule has 100 valence electrons. The first-order valence-electron chi connectivity index (χ1n) is 6.31. The molecule has 0 heterocycles. The van der Waals surface area contributed by atoms with Crippen LogP contribution in [0.25, 0.3) is 0 Å². The maximum Gasteiger partial charge on any atom is 0.122 e. The van der Waals surface area contributed by atoms with E-state index in [1.807, 2.05) is 30.3 Å². The van der Waals surface area contributed by atoms with Crippen molar-refractivity contribution in [2.24, 2.45) is 0 Å². The van der Waals surface area contributed by atoms with Gasteiger partial charge in [0.05, 0.1) is 18.5 Å². The summed E-state index contributed by atoms with van der Waals surface area (Å²) in [5.74, 6) is 0.918. The minimum absolute atomic E-state index is 0.745. The largest absolute Gasteiger partial charge is 0.496 e. The minimum Gasteiger partial charge on any atom is -0.496 e. The van der Waals surface area contributed by atoms with E-state index in [2.05, 4.69) is 26.1 Å². The Morgan fingerprint density at radius 2 is 1.74 bits per heavy atom. The number of ether oxygens (including phenoxy) is 1. The normalized spacial score (nSPS) is 10.3. The zero-order chi connectivity index (χ0) is 14.0. The van der Waals surface area contributed by atoms with Gasteiger partial charge in [-0.1, -0.05) is 12.1 Å². The van der Waals surface area contributed by atoms with Crippen molar-refractivity contribution in [3.63, 3.8) is 0 Å². The number of nitrogens with one attached hydrogen (secondary N) is 1. The van der Waals surface area contributed by atoms with Gasteiger partial charge in [-0.05, 0) is 55.7 Å². The molecule has 0 saturated carbocycles. The van der Waals surface area contributed by atoms with Crippen LogP contribution in [0.5, 0.6) is 5.75 Å². The van der Waals surface area contributed by atoms with Crippen molar-refractivity contribution in [2.75, 3.05) is 18.2 Å². The highest BCUT2D eigenvalue weighted by molar-refractivity contribution is 5.76. The second-order valence-electron chi connectivity index (χ2n) is 4.73. The van der Waals surface area contributed by atoms with Gasteiger partial charge >= 0.3 is 0 Å². The van der Waals surface area contributed by atoms with Crippen LogP contribution >= 0.6 is 0 Å². The zero-order valence-corrected chi connectivity index (χ0v) is 11.9. The van der Waals surface area contributed by atoms with Crippen molar-refractivity contribution in [1.82, 2.24) is 0 Å². The van der Waals surface area contributed by atoms with Gasteiger partial charge in [0.25, 0.3) is 0 Å². The minimum atomic E-state index is 0.745. The molecule has 0 fully saturated rings. The number of aryl methyl sites for hydroxylation is 1. The molecule has 0 aliphatic rings. The average Bonchev–Trinajstić information content (AvgIpc) is 2.41. The Bertz CT molecular complexity index is 606. The van der Waals surface area contributed by atoms with Crippen LogP contribution in [0.2, 0.25) is 0 Å². The summed E-state index contributed by atoms with van der Waals surface area (Å²) in [5.41, 5.74) is 12.2. The second kappa shape index (κ2) is 5.22. The number of methoxy groups -OCH3 is 1. The fourth-order valence-corrected chi connectivity index (χ4v) is 2.19. The summed E-state index contributed by atoms with van der Waals surface area (Å²) in [6, 6.07) is 9.82. The van der Waals surface area contributed by atoms with E-state index in [1.54, 1.807) is 7.11 Å². The summed E-state index contributed by atoms with van der Waals surface area (Å²) in [4.78, 5) is 0. The number of anilines is 3. The van der Waals surface area contributed by atoms with E-state index < -0.39 is 0 Å². The van der Waals surface area contributed by atoms with Crippen LogP contribution in [-0.4, -0.2) is 7.11 Å². The number of rotatable bonds is 3. The molecule has 0 atom stereocenters. The van der Waals surface area contributed by atoms with Gasteiger partial charge in [0, 0.05) is 5.69 Å². The fraction of sp³-hybridized carbons (Fsp3) is 0.250. The first-order valence-corrected chi connectivity index (χ1v) is 6.31. The predicted octanol–water partition coefficient (Wildman–Crippen LogP) is 3.95. The first-order chi connectivity index (χ1) is 9.04. The van der Waals surface area contributed by atoms with Crippen LogP contribution in [0, 0.1) is 20.8 Å². The third-order valence-corrected chi connectivity index (χ3v) is 3.49. The summed E-state index contributed by atoms with van der Waals surface area (Å²) in [7, 11) is 1.70. The van der Waals surface area contributed by atoms with Crippen molar-refractivity contribution in [3.05, 3.63) is 47.0 Å². The van der Waals surface area contributed by atoms with E-state index in [4.69, 9.17) is 10.5 Å². The molecule has 3 N–H and O–H groups in total. The lowest BCUT2D eigenvalue weighted by Gasteiger charge is -2.18. The highest BCUT2D eigenvalue weighted by Crippen LogP contribution is 2.34. The number of nitrogen functional groups attached to an aromatic ring is 1. The van der Waals surface area contributed by atoms with Crippen molar-refractivity contribution in [2.45, 2.75) is 20.8 Å². The third kappa shape index (κ3) is 2.50. The second-order valence-corrected chi connectivity index (χ2v) is 4.73. The molecule has 0 amide bonds. The molecule has 0 radical (unpaired) electrons. The van der Waals surface area contributed by atoms with Gasteiger partial charge in [0.15, 0.2) is 0 Å². The third-order valence-electron chi connectivity index (χ3n) is 3.49. The van der Waals surface area contributed by atoms with Crippen LogP contribution in [-0.2, 0) is 0 Å². The lowest BCUT2D eigenvalue weighted by Crippen LogP contribution is -2.02. The van der Waals surface area contributed by atoms with Gasteiger partial charge in [-0.15, -0.1) is 0 Å². The molecule has 0 spiro atoms. The quantitative estimate of drug-likeness (QED) is 0.817. The lowest BCUT2D eigenvalue weighted by molar-refractivity contribution is 0.411. The van der Waals surface area contributed by atoms with Crippen LogP contribution < -0.4 is 15.8 Å². The molecular weight excluding hydrogens is 236 g/mol.